The number of carbonyl (C=O) groups is 1. The highest BCUT2D eigenvalue weighted by molar-refractivity contribution is 6.32. The Morgan fingerprint density at radius 3 is 2.71 bits per heavy atom. The zero-order valence-corrected chi connectivity index (χ0v) is 9.85. The molecule has 1 N–H and O–H groups in total. The van der Waals surface area contributed by atoms with Gasteiger partial charge < -0.3 is 10.1 Å². The fraction of sp³-hybridized carbons (Fsp3) is 0.417. The summed E-state index contributed by atoms with van der Waals surface area (Å²) < 4.78 is 5.72. The molecule has 1 aliphatic heterocycles. The van der Waals surface area contributed by atoms with Crippen molar-refractivity contribution in [2.45, 2.75) is 6.10 Å². The van der Waals surface area contributed by atoms with Gasteiger partial charge in [-0.15, -0.1) is 0 Å². The first kappa shape index (κ1) is 12.0. The van der Waals surface area contributed by atoms with Crippen LogP contribution in [0.3, 0.4) is 0 Å². The maximum atomic E-state index is 11.1. The van der Waals surface area contributed by atoms with E-state index in [1.807, 2.05) is 29.2 Å². The quantitative estimate of drug-likeness (QED) is 0.695. The first-order valence-corrected chi connectivity index (χ1v) is 5.62. The van der Waals surface area contributed by atoms with Crippen LogP contribution in [0.2, 0.25) is 0 Å². The van der Waals surface area contributed by atoms with E-state index in [-0.39, 0.29) is 12.0 Å². The fourth-order valence-corrected chi connectivity index (χ4v) is 1.75. The summed E-state index contributed by atoms with van der Waals surface area (Å²) in [6.45, 7) is 2.02. The zero-order valence-electron chi connectivity index (χ0n) is 9.85. The molecule has 1 amide bonds. The number of nitrogens with zero attached hydrogens (tertiary/aromatic N) is 1. The molecule has 0 saturated carbocycles. The molecule has 1 aromatic rings. The Kier molecular flexibility index (Phi) is 3.69. The predicted octanol–water partition coefficient (Wildman–Crippen LogP) is -0.711. The molecule has 2 rings (SSSR count). The Morgan fingerprint density at radius 1 is 1.47 bits per heavy atom. The molecule has 4 nitrogen and oxygen atoms in total. The van der Waals surface area contributed by atoms with Crippen LogP contribution in [-0.2, 0) is 4.79 Å². The second-order valence-electron chi connectivity index (χ2n) is 4.18. The molecule has 1 saturated heterocycles. The van der Waals surface area contributed by atoms with Crippen LogP contribution in [0.4, 0.5) is 0 Å². The minimum Gasteiger partial charge on any atom is -0.488 e. The van der Waals surface area contributed by atoms with Crippen LogP contribution in [-0.4, -0.2) is 51.4 Å². The number of ether oxygens (including phenoxy) is 1. The average molecular weight is 230 g/mol. The Bertz CT molecular complexity index is 388. The molecule has 88 valence electrons. The second-order valence-corrected chi connectivity index (χ2v) is 4.18. The van der Waals surface area contributed by atoms with Crippen molar-refractivity contribution in [2.24, 2.45) is 0 Å². The van der Waals surface area contributed by atoms with Crippen LogP contribution in [0, 0.1) is 0 Å². The van der Waals surface area contributed by atoms with Crippen LogP contribution in [0.1, 0.15) is 0 Å². The monoisotopic (exact) mass is 230 g/mol. The molecule has 17 heavy (non-hydrogen) atoms. The standard InChI is InChI=1S/C12H15BN2O2/c1-14-12(16)8-15-6-11(7-15)17-10-4-2-9(13)3-5-10/h2-5,11H,6-8H2,1H3,(H,14,16). The van der Waals surface area contributed by atoms with E-state index in [4.69, 9.17) is 12.6 Å². The molecule has 0 aromatic heterocycles. The molecule has 5 heteroatoms. The maximum absolute atomic E-state index is 11.1. The van der Waals surface area contributed by atoms with E-state index in [1.165, 1.54) is 0 Å². The molecule has 1 heterocycles. The van der Waals surface area contributed by atoms with Gasteiger partial charge in [0.15, 0.2) is 0 Å². The van der Waals surface area contributed by atoms with Crippen molar-refractivity contribution in [1.82, 2.24) is 10.2 Å². The topological polar surface area (TPSA) is 41.6 Å². The number of carbonyl (C=O) groups excluding carboxylic acids is 1. The summed E-state index contributed by atoms with van der Waals surface area (Å²) >= 11 is 0. The lowest BCUT2D eigenvalue weighted by molar-refractivity contribution is -0.124. The van der Waals surface area contributed by atoms with Gasteiger partial charge in [-0.25, -0.2) is 0 Å². The number of rotatable bonds is 4. The third-order valence-corrected chi connectivity index (χ3v) is 2.75. The lowest BCUT2D eigenvalue weighted by Crippen LogP contribution is -2.56. The molecule has 1 aromatic carbocycles. The maximum Gasteiger partial charge on any atom is 0.233 e. The fourth-order valence-electron chi connectivity index (χ4n) is 1.75. The summed E-state index contributed by atoms with van der Waals surface area (Å²) in [6.07, 6.45) is 0.170. The van der Waals surface area contributed by atoms with E-state index in [1.54, 1.807) is 7.05 Å². The van der Waals surface area contributed by atoms with Crippen LogP contribution >= 0.6 is 0 Å². The van der Waals surface area contributed by atoms with Gasteiger partial charge in [0.25, 0.3) is 0 Å². The van der Waals surface area contributed by atoms with Gasteiger partial charge in [0.2, 0.25) is 5.91 Å². The van der Waals surface area contributed by atoms with Crippen molar-refractivity contribution >= 4 is 19.2 Å². The predicted molar refractivity (Wildman–Crippen MR) is 66.8 cm³/mol. The second kappa shape index (κ2) is 5.23. The molecule has 0 spiro atoms. The lowest BCUT2D eigenvalue weighted by Gasteiger charge is -2.38. The van der Waals surface area contributed by atoms with E-state index in [2.05, 4.69) is 5.32 Å². The number of nitrogens with one attached hydrogen (secondary N) is 1. The number of likely N-dealkylation sites (N-methyl/N-ethyl adjacent to an activating group) is 1. The summed E-state index contributed by atoms with van der Waals surface area (Å²) in [5, 5.41) is 2.60. The smallest absolute Gasteiger partial charge is 0.233 e. The highest BCUT2D eigenvalue weighted by Crippen LogP contribution is 2.16. The van der Waals surface area contributed by atoms with Gasteiger partial charge in [0, 0.05) is 20.1 Å². The minimum atomic E-state index is 0.0379. The highest BCUT2D eigenvalue weighted by atomic mass is 16.5. The van der Waals surface area contributed by atoms with Crippen LogP contribution in [0.5, 0.6) is 5.75 Å². The molecule has 0 aliphatic carbocycles. The van der Waals surface area contributed by atoms with Crippen molar-refractivity contribution in [3.63, 3.8) is 0 Å². The van der Waals surface area contributed by atoms with E-state index in [0.29, 0.717) is 6.54 Å². The van der Waals surface area contributed by atoms with Crippen molar-refractivity contribution in [1.29, 1.82) is 0 Å². The first-order chi connectivity index (χ1) is 8.17. The zero-order chi connectivity index (χ0) is 12.3. The summed E-state index contributed by atoms with van der Waals surface area (Å²) in [4.78, 5) is 13.2. The Hall–Kier alpha value is -1.49. The van der Waals surface area contributed by atoms with E-state index in [0.717, 1.165) is 24.3 Å². The minimum absolute atomic E-state index is 0.0379. The van der Waals surface area contributed by atoms with Crippen LogP contribution in [0.15, 0.2) is 24.3 Å². The number of hydrogen-bond donors (Lipinski definition) is 1. The number of amides is 1. The third-order valence-electron chi connectivity index (χ3n) is 2.75. The van der Waals surface area contributed by atoms with Gasteiger partial charge in [-0.05, 0) is 12.1 Å². The molecule has 0 bridgehead atoms. The van der Waals surface area contributed by atoms with Gasteiger partial charge in [-0.1, -0.05) is 17.6 Å². The largest absolute Gasteiger partial charge is 0.488 e. The molecule has 1 fully saturated rings. The molecule has 1 aliphatic rings. The Morgan fingerprint density at radius 2 is 2.12 bits per heavy atom. The van der Waals surface area contributed by atoms with E-state index >= 15 is 0 Å². The number of benzene rings is 1. The van der Waals surface area contributed by atoms with Gasteiger partial charge in [0.05, 0.1) is 6.54 Å². The number of hydrogen-bond acceptors (Lipinski definition) is 3. The van der Waals surface area contributed by atoms with E-state index < -0.39 is 0 Å². The van der Waals surface area contributed by atoms with Crippen LogP contribution < -0.4 is 15.5 Å². The van der Waals surface area contributed by atoms with Crippen molar-refractivity contribution in [3.8, 4) is 5.75 Å². The van der Waals surface area contributed by atoms with Gasteiger partial charge in [0.1, 0.15) is 19.7 Å². The summed E-state index contributed by atoms with van der Waals surface area (Å²) in [6, 6.07) is 7.35. The Labute approximate surface area is 102 Å². The summed E-state index contributed by atoms with van der Waals surface area (Å²) in [5.74, 6) is 0.861. The van der Waals surface area contributed by atoms with Crippen LogP contribution in [0.25, 0.3) is 0 Å². The molecule has 2 radical (unpaired) electrons. The van der Waals surface area contributed by atoms with Gasteiger partial charge in [-0.3, -0.25) is 9.69 Å². The van der Waals surface area contributed by atoms with Crippen molar-refractivity contribution in [2.75, 3.05) is 26.7 Å². The van der Waals surface area contributed by atoms with Crippen molar-refractivity contribution in [3.05, 3.63) is 24.3 Å². The summed E-state index contributed by atoms with van der Waals surface area (Å²) in [7, 11) is 7.23. The van der Waals surface area contributed by atoms with E-state index in [9.17, 15) is 4.79 Å². The first-order valence-electron chi connectivity index (χ1n) is 5.62. The normalized spacial score (nSPS) is 16.3. The van der Waals surface area contributed by atoms with Gasteiger partial charge in [-0.2, -0.15) is 0 Å². The SMILES string of the molecule is [B]c1ccc(OC2CN(CC(=O)NC)C2)cc1. The summed E-state index contributed by atoms with van der Waals surface area (Å²) in [5.41, 5.74) is 0.729. The average Bonchev–Trinajstić information content (AvgIpc) is 2.28. The lowest BCUT2D eigenvalue weighted by atomic mass is 9.97. The molecule has 0 unspecified atom stereocenters. The third kappa shape index (κ3) is 3.23. The highest BCUT2D eigenvalue weighted by Gasteiger charge is 2.29. The number of likely N-dealkylation sites (tertiary alicyclic amines) is 1. The molecular weight excluding hydrogens is 215 g/mol. The van der Waals surface area contributed by atoms with Crippen molar-refractivity contribution < 1.29 is 9.53 Å². The van der Waals surface area contributed by atoms with Gasteiger partial charge >= 0.3 is 0 Å². The molecular formula is C12H15BN2O2. The molecule has 0 atom stereocenters. The Balaban J connectivity index is 1.73.